The zero-order chi connectivity index (χ0) is 15.2. The average molecular weight is 282 g/mol. The Morgan fingerprint density at radius 1 is 1.00 bits per heavy atom. The largest absolute Gasteiger partial charge is 0.463 e. The third-order valence-corrected chi connectivity index (χ3v) is 2.98. The molecule has 2 aromatic carbocycles. The molecule has 0 fully saturated rings. The molecule has 0 aliphatic heterocycles. The molecule has 0 bridgehead atoms. The first-order chi connectivity index (χ1) is 10.1. The molecule has 108 valence electrons. The Morgan fingerprint density at radius 2 is 1.71 bits per heavy atom. The number of aryl methyl sites for hydroxylation is 2. The summed E-state index contributed by atoms with van der Waals surface area (Å²) in [7, 11) is 1.34. The van der Waals surface area contributed by atoms with Gasteiger partial charge < -0.3 is 9.47 Å². The summed E-state index contributed by atoms with van der Waals surface area (Å²) in [4.78, 5) is 11.9. The van der Waals surface area contributed by atoms with Gasteiger partial charge in [0, 0.05) is 0 Å². The molecule has 0 N–H and O–H groups in total. The quantitative estimate of drug-likeness (QED) is 0.485. The Bertz CT molecular complexity index is 654. The number of rotatable bonds is 4. The van der Waals surface area contributed by atoms with E-state index in [9.17, 15) is 4.79 Å². The number of esters is 1. The van der Waals surface area contributed by atoms with Crippen LogP contribution in [0.15, 0.2) is 54.3 Å². The molecule has 0 aliphatic carbocycles. The normalized spacial score (nSPS) is 11.1. The molecule has 0 aromatic heterocycles. The van der Waals surface area contributed by atoms with Crippen molar-refractivity contribution in [3.63, 3.8) is 0 Å². The van der Waals surface area contributed by atoms with Crippen molar-refractivity contribution in [3.05, 3.63) is 71.0 Å². The van der Waals surface area contributed by atoms with E-state index >= 15 is 0 Å². The van der Waals surface area contributed by atoms with Crippen LogP contribution in [0.4, 0.5) is 0 Å². The van der Waals surface area contributed by atoms with Crippen LogP contribution in [0.3, 0.4) is 0 Å². The van der Waals surface area contributed by atoms with Gasteiger partial charge in [0.15, 0.2) is 0 Å². The van der Waals surface area contributed by atoms with Gasteiger partial charge in [-0.15, -0.1) is 0 Å². The van der Waals surface area contributed by atoms with Crippen LogP contribution in [0.2, 0.25) is 0 Å². The predicted molar refractivity (Wildman–Crippen MR) is 83.0 cm³/mol. The lowest BCUT2D eigenvalue weighted by atomic mass is 10.1. The fourth-order valence-electron chi connectivity index (χ4n) is 1.85. The second kappa shape index (κ2) is 6.75. The molecule has 0 saturated carbocycles. The van der Waals surface area contributed by atoms with Crippen molar-refractivity contribution in [2.75, 3.05) is 7.11 Å². The molecule has 3 heteroatoms. The molecule has 0 heterocycles. The Hall–Kier alpha value is -2.55. The fourth-order valence-corrected chi connectivity index (χ4v) is 1.85. The maximum atomic E-state index is 11.9. The van der Waals surface area contributed by atoms with Gasteiger partial charge in [-0.3, -0.25) is 0 Å². The fraction of sp³-hybridized carbons (Fsp3) is 0.167. The van der Waals surface area contributed by atoms with Crippen LogP contribution in [0.1, 0.15) is 16.7 Å². The zero-order valence-electron chi connectivity index (χ0n) is 12.4. The van der Waals surface area contributed by atoms with Crippen molar-refractivity contribution in [1.82, 2.24) is 0 Å². The van der Waals surface area contributed by atoms with Gasteiger partial charge in [-0.05, 0) is 43.2 Å². The van der Waals surface area contributed by atoms with E-state index in [1.54, 1.807) is 12.1 Å². The number of carbonyl (C=O) groups excluding carboxylic acids is 1. The lowest BCUT2D eigenvalue weighted by Crippen LogP contribution is -2.10. The Labute approximate surface area is 124 Å². The molecule has 3 nitrogen and oxygen atoms in total. The van der Waals surface area contributed by atoms with Crippen molar-refractivity contribution >= 4 is 12.0 Å². The summed E-state index contributed by atoms with van der Waals surface area (Å²) in [6.45, 7) is 3.98. The van der Waals surface area contributed by atoms with E-state index in [1.807, 2.05) is 56.3 Å². The van der Waals surface area contributed by atoms with Crippen LogP contribution in [-0.2, 0) is 9.53 Å². The molecular weight excluding hydrogens is 264 g/mol. The minimum atomic E-state index is -0.503. The summed E-state index contributed by atoms with van der Waals surface area (Å²) in [6.07, 6.45) is 1.67. The van der Waals surface area contributed by atoms with Crippen molar-refractivity contribution in [2.45, 2.75) is 13.8 Å². The molecule has 0 spiro atoms. The van der Waals surface area contributed by atoms with Gasteiger partial charge in [0.1, 0.15) is 5.75 Å². The molecule has 2 rings (SSSR count). The second-order valence-corrected chi connectivity index (χ2v) is 4.83. The van der Waals surface area contributed by atoms with E-state index in [1.165, 1.54) is 7.11 Å². The molecule has 0 amide bonds. The molecule has 0 aliphatic rings. The summed E-state index contributed by atoms with van der Waals surface area (Å²) in [5.41, 5.74) is 3.10. The standard InChI is InChI=1S/C18H18O3/c1-13-7-9-15(10-8-13)12-17(18(19)20-3)21-16-6-4-5-14(2)11-16/h4-12H,1-3H3/b17-12-. The highest BCUT2D eigenvalue weighted by molar-refractivity contribution is 5.91. The topological polar surface area (TPSA) is 35.5 Å². The summed E-state index contributed by atoms with van der Waals surface area (Å²) < 4.78 is 10.4. The van der Waals surface area contributed by atoms with Crippen molar-refractivity contribution in [2.24, 2.45) is 0 Å². The number of methoxy groups -OCH3 is 1. The first-order valence-electron chi connectivity index (χ1n) is 6.69. The van der Waals surface area contributed by atoms with Crippen LogP contribution in [0, 0.1) is 13.8 Å². The second-order valence-electron chi connectivity index (χ2n) is 4.83. The van der Waals surface area contributed by atoms with E-state index in [2.05, 4.69) is 0 Å². The smallest absolute Gasteiger partial charge is 0.373 e. The first-order valence-corrected chi connectivity index (χ1v) is 6.69. The molecule has 0 atom stereocenters. The maximum Gasteiger partial charge on any atom is 0.373 e. The van der Waals surface area contributed by atoms with Gasteiger partial charge in [0.05, 0.1) is 7.11 Å². The Balaban J connectivity index is 2.30. The van der Waals surface area contributed by atoms with Gasteiger partial charge in [0.2, 0.25) is 5.76 Å². The summed E-state index contributed by atoms with van der Waals surface area (Å²) >= 11 is 0. The number of carbonyl (C=O) groups is 1. The Kier molecular flexibility index (Phi) is 4.77. The highest BCUT2D eigenvalue weighted by atomic mass is 16.6. The monoisotopic (exact) mass is 282 g/mol. The van der Waals surface area contributed by atoms with Gasteiger partial charge in [0.25, 0.3) is 0 Å². The minimum absolute atomic E-state index is 0.159. The number of benzene rings is 2. The predicted octanol–water partition coefficient (Wildman–Crippen LogP) is 3.90. The molecule has 0 saturated heterocycles. The van der Waals surface area contributed by atoms with Gasteiger partial charge in [-0.2, -0.15) is 0 Å². The van der Waals surface area contributed by atoms with Crippen LogP contribution in [0.5, 0.6) is 5.75 Å². The van der Waals surface area contributed by atoms with Gasteiger partial charge in [-0.25, -0.2) is 4.79 Å². The minimum Gasteiger partial charge on any atom is -0.463 e. The van der Waals surface area contributed by atoms with E-state index in [4.69, 9.17) is 9.47 Å². The van der Waals surface area contributed by atoms with E-state index in [-0.39, 0.29) is 5.76 Å². The zero-order valence-corrected chi connectivity index (χ0v) is 12.4. The SMILES string of the molecule is COC(=O)/C(=C/c1ccc(C)cc1)Oc1cccc(C)c1. The average Bonchev–Trinajstić information content (AvgIpc) is 2.48. The number of ether oxygens (including phenoxy) is 2. The highest BCUT2D eigenvalue weighted by Gasteiger charge is 2.12. The van der Waals surface area contributed by atoms with Crippen LogP contribution >= 0.6 is 0 Å². The maximum absolute atomic E-state index is 11.9. The summed E-state index contributed by atoms with van der Waals surface area (Å²) in [6, 6.07) is 15.3. The molecule has 0 unspecified atom stereocenters. The molecule has 2 aromatic rings. The third-order valence-electron chi connectivity index (χ3n) is 2.98. The number of hydrogen-bond donors (Lipinski definition) is 0. The third kappa shape index (κ3) is 4.21. The lowest BCUT2D eigenvalue weighted by Gasteiger charge is -2.09. The number of hydrogen-bond acceptors (Lipinski definition) is 3. The van der Waals surface area contributed by atoms with Crippen LogP contribution < -0.4 is 4.74 Å². The van der Waals surface area contributed by atoms with Crippen molar-refractivity contribution in [3.8, 4) is 5.75 Å². The van der Waals surface area contributed by atoms with E-state index < -0.39 is 5.97 Å². The summed E-state index contributed by atoms with van der Waals surface area (Å²) in [5.74, 6) is 0.266. The van der Waals surface area contributed by atoms with Gasteiger partial charge >= 0.3 is 5.97 Å². The van der Waals surface area contributed by atoms with Crippen molar-refractivity contribution < 1.29 is 14.3 Å². The first kappa shape index (κ1) is 14.9. The molecular formula is C18H18O3. The molecule has 21 heavy (non-hydrogen) atoms. The highest BCUT2D eigenvalue weighted by Crippen LogP contribution is 2.18. The van der Waals surface area contributed by atoms with Crippen LogP contribution in [-0.4, -0.2) is 13.1 Å². The van der Waals surface area contributed by atoms with Crippen LogP contribution in [0.25, 0.3) is 6.08 Å². The van der Waals surface area contributed by atoms with E-state index in [0.29, 0.717) is 5.75 Å². The Morgan fingerprint density at radius 3 is 2.33 bits per heavy atom. The molecule has 0 radical (unpaired) electrons. The van der Waals surface area contributed by atoms with Gasteiger partial charge in [-0.1, -0.05) is 42.0 Å². The summed E-state index contributed by atoms with van der Waals surface area (Å²) in [5, 5.41) is 0. The lowest BCUT2D eigenvalue weighted by molar-refractivity contribution is -0.138. The van der Waals surface area contributed by atoms with E-state index in [0.717, 1.165) is 16.7 Å². The van der Waals surface area contributed by atoms with Crippen molar-refractivity contribution in [1.29, 1.82) is 0 Å².